The molecule has 2 N–H and O–H groups in total. The van der Waals surface area contributed by atoms with E-state index in [0.717, 1.165) is 23.2 Å². The molecule has 1 aliphatic heterocycles. The monoisotopic (exact) mass is 459 g/mol. The fourth-order valence-electron chi connectivity index (χ4n) is 4.35. The highest BCUT2D eigenvalue weighted by molar-refractivity contribution is 5.83. The molecule has 176 valence electrons. The van der Waals surface area contributed by atoms with Crippen LogP contribution in [0.25, 0.3) is 5.52 Å². The first-order valence-electron chi connectivity index (χ1n) is 10.9. The fraction of sp³-hybridized carbons (Fsp3) is 0.417. The fourth-order valence-corrected chi connectivity index (χ4v) is 4.35. The average molecular weight is 460 g/mol. The van der Waals surface area contributed by atoms with Gasteiger partial charge in [0.05, 0.1) is 22.8 Å². The summed E-state index contributed by atoms with van der Waals surface area (Å²) in [4.78, 5) is 19.8. The van der Waals surface area contributed by atoms with Crippen LogP contribution in [0.3, 0.4) is 0 Å². The third-order valence-corrected chi connectivity index (χ3v) is 6.07. The molecule has 0 aliphatic carbocycles. The highest BCUT2D eigenvalue weighted by Crippen LogP contribution is 2.30. The van der Waals surface area contributed by atoms with E-state index in [1.165, 1.54) is 6.07 Å². The lowest BCUT2D eigenvalue weighted by atomic mass is 10.0. The van der Waals surface area contributed by atoms with Crippen LogP contribution in [0, 0.1) is 6.92 Å². The van der Waals surface area contributed by atoms with Crippen LogP contribution >= 0.6 is 0 Å². The number of alkyl halides is 3. The zero-order valence-corrected chi connectivity index (χ0v) is 18.9. The Morgan fingerprint density at radius 2 is 2.03 bits per heavy atom. The van der Waals surface area contributed by atoms with Gasteiger partial charge in [0.15, 0.2) is 0 Å². The molecule has 1 amide bonds. The number of pyridine rings is 1. The van der Waals surface area contributed by atoms with Gasteiger partial charge in [0.1, 0.15) is 11.9 Å². The summed E-state index contributed by atoms with van der Waals surface area (Å²) in [6.07, 6.45) is -0.688. The van der Waals surface area contributed by atoms with E-state index < -0.39 is 23.3 Å². The van der Waals surface area contributed by atoms with Crippen molar-refractivity contribution in [1.29, 1.82) is 0 Å². The number of fused-ring (bicyclic) bond motifs is 1. The van der Waals surface area contributed by atoms with Gasteiger partial charge in [-0.2, -0.15) is 13.2 Å². The number of carbonyl (C=O) groups excluding carboxylic acids is 1. The number of aromatic nitrogens is 2. The molecule has 3 heterocycles. The van der Waals surface area contributed by atoms with Crippen molar-refractivity contribution in [1.82, 2.24) is 24.9 Å². The number of imidazole rings is 1. The van der Waals surface area contributed by atoms with Gasteiger partial charge in [-0.1, -0.05) is 24.3 Å². The van der Waals surface area contributed by atoms with Gasteiger partial charge >= 0.3 is 6.18 Å². The molecule has 3 aromatic rings. The zero-order chi connectivity index (χ0) is 23.8. The smallest absolute Gasteiger partial charge is 0.343 e. The number of nitrogens with one attached hydrogen (secondary N) is 2. The number of hydrogen-bond donors (Lipinski definition) is 2. The van der Waals surface area contributed by atoms with Crippen molar-refractivity contribution < 1.29 is 18.0 Å². The Kier molecular flexibility index (Phi) is 6.20. The van der Waals surface area contributed by atoms with Crippen LogP contribution in [-0.4, -0.2) is 45.9 Å². The summed E-state index contributed by atoms with van der Waals surface area (Å²) in [7, 11) is 0. The zero-order valence-electron chi connectivity index (χ0n) is 18.9. The average Bonchev–Trinajstić information content (AvgIpc) is 3.20. The lowest BCUT2D eigenvalue weighted by Gasteiger charge is -2.37. The minimum absolute atomic E-state index is 0.191. The maximum atomic E-state index is 13.3. The maximum absolute atomic E-state index is 13.3. The molecule has 0 radical (unpaired) electrons. The van der Waals surface area contributed by atoms with Gasteiger partial charge in [-0.3, -0.25) is 9.69 Å². The number of piperazine rings is 1. The van der Waals surface area contributed by atoms with Crippen LogP contribution < -0.4 is 10.6 Å². The normalized spacial score (nSPS) is 17.9. The van der Waals surface area contributed by atoms with Gasteiger partial charge in [-0.25, -0.2) is 4.98 Å². The Bertz CT molecular complexity index is 1150. The van der Waals surface area contributed by atoms with Gasteiger partial charge in [0.2, 0.25) is 5.91 Å². The second-order valence-electron chi connectivity index (χ2n) is 9.03. The second kappa shape index (κ2) is 8.79. The molecular formula is C24H28F3N5O. The number of aryl methyl sites for hydroxylation is 1. The molecule has 2 aromatic heterocycles. The van der Waals surface area contributed by atoms with Crippen LogP contribution in [0.4, 0.5) is 13.2 Å². The quantitative estimate of drug-likeness (QED) is 0.613. The van der Waals surface area contributed by atoms with Gasteiger partial charge in [0, 0.05) is 32.4 Å². The van der Waals surface area contributed by atoms with E-state index >= 15 is 0 Å². The van der Waals surface area contributed by atoms with Crippen LogP contribution in [0.5, 0.6) is 0 Å². The number of carbonyl (C=O) groups is 1. The van der Waals surface area contributed by atoms with Crippen molar-refractivity contribution in [3.63, 3.8) is 0 Å². The molecule has 4 rings (SSSR count). The predicted octanol–water partition coefficient (Wildman–Crippen LogP) is 3.49. The summed E-state index contributed by atoms with van der Waals surface area (Å²) in [5.74, 6) is 0.520. The van der Waals surface area contributed by atoms with Crippen molar-refractivity contribution in [2.75, 3.05) is 19.6 Å². The van der Waals surface area contributed by atoms with Crippen molar-refractivity contribution in [2.45, 2.75) is 45.1 Å². The molecular weight excluding hydrogens is 431 g/mol. The third-order valence-electron chi connectivity index (χ3n) is 6.07. The molecule has 1 atom stereocenters. The topological polar surface area (TPSA) is 61.7 Å². The Labute approximate surface area is 190 Å². The summed E-state index contributed by atoms with van der Waals surface area (Å²) < 4.78 is 41.3. The molecule has 1 fully saturated rings. The highest BCUT2D eigenvalue weighted by Gasteiger charge is 2.35. The standard InChI is InChI=1S/C24H28F3N5O/c1-16-6-5-10-32-19(16)14-29-22(32)23(2,3)30-21(33)20-13-28-9-11-31(20)15-17-7-4-8-18(12-17)24(25,26)27/h4-8,10,12,14,20,28H,9,11,13,15H2,1-3H3,(H,30,33)/t20-/m0/s1. The van der Waals surface area contributed by atoms with Crippen molar-refractivity contribution in [3.05, 3.63) is 71.3 Å². The summed E-state index contributed by atoms with van der Waals surface area (Å²) in [5.41, 5.74) is 1.15. The van der Waals surface area contributed by atoms with Gasteiger partial charge in [-0.05, 0) is 44.0 Å². The summed E-state index contributed by atoms with van der Waals surface area (Å²) in [6.45, 7) is 7.70. The second-order valence-corrected chi connectivity index (χ2v) is 9.03. The van der Waals surface area contributed by atoms with Gasteiger partial charge < -0.3 is 15.0 Å². The first-order valence-corrected chi connectivity index (χ1v) is 10.9. The summed E-state index contributed by atoms with van der Waals surface area (Å²) >= 11 is 0. The molecule has 9 heteroatoms. The number of rotatable bonds is 5. The molecule has 0 saturated carbocycles. The van der Waals surface area contributed by atoms with Crippen molar-refractivity contribution >= 4 is 11.4 Å². The van der Waals surface area contributed by atoms with Crippen LogP contribution in [-0.2, 0) is 23.1 Å². The molecule has 6 nitrogen and oxygen atoms in total. The molecule has 0 bridgehead atoms. The molecule has 1 aliphatic rings. The van der Waals surface area contributed by atoms with E-state index in [4.69, 9.17) is 0 Å². The number of benzene rings is 1. The number of nitrogens with zero attached hydrogens (tertiary/aromatic N) is 3. The first kappa shape index (κ1) is 23.3. The van der Waals surface area contributed by atoms with E-state index in [1.807, 2.05) is 48.4 Å². The lowest BCUT2D eigenvalue weighted by molar-refractivity contribution is -0.137. The largest absolute Gasteiger partial charge is 0.416 e. The predicted molar refractivity (Wildman–Crippen MR) is 120 cm³/mol. The summed E-state index contributed by atoms with van der Waals surface area (Å²) in [5, 5.41) is 6.33. The lowest BCUT2D eigenvalue weighted by Crippen LogP contribution is -2.59. The minimum Gasteiger partial charge on any atom is -0.343 e. The third kappa shape index (κ3) is 4.89. The van der Waals surface area contributed by atoms with Crippen LogP contribution in [0.15, 0.2) is 48.8 Å². The van der Waals surface area contributed by atoms with Crippen LogP contribution in [0.2, 0.25) is 0 Å². The minimum atomic E-state index is -4.40. The number of hydrogen-bond acceptors (Lipinski definition) is 4. The molecule has 1 saturated heterocycles. The van der Waals surface area contributed by atoms with Crippen molar-refractivity contribution in [2.24, 2.45) is 0 Å². The Balaban J connectivity index is 1.53. The molecule has 0 unspecified atom stereocenters. The SMILES string of the molecule is Cc1cccn2c(C(C)(C)NC(=O)[C@@H]3CNCCN3Cc3cccc(C(F)(F)F)c3)ncc12. The van der Waals surface area contributed by atoms with Crippen molar-refractivity contribution in [3.8, 4) is 0 Å². The Morgan fingerprint density at radius 1 is 1.24 bits per heavy atom. The van der Waals surface area contributed by atoms with Gasteiger partial charge in [-0.15, -0.1) is 0 Å². The highest BCUT2D eigenvalue weighted by atomic mass is 19.4. The molecule has 33 heavy (non-hydrogen) atoms. The maximum Gasteiger partial charge on any atom is 0.416 e. The van der Waals surface area contributed by atoms with Crippen LogP contribution in [0.1, 0.15) is 36.4 Å². The van der Waals surface area contributed by atoms with E-state index in [9.17, 15) is 18.0 Å². The Morgan fingerprint density at radius 3 is 2.79 bits per heavy atom. The van der Waals surface area contributed by atoms with E-state index in [0.29, 0.717) is 31.0 Å². The number of halogens is 3. The van der Waals surface area contributed by atoms with E-state index in [-0.39, 0.29) is 12.5 Å². The van der Waals surface area contributed by atoms with Gasteiger partial charge in [0.25, 0.3) is 0 Å². The molecule has 0 spiro atoms. The molecule has 1 aromatic carbocycles. The Hall–Kier alpha value is -2.91. The van der Waals surface area contributed by atoms with E-state index in [2.05, 4.69) is 15.6 Å². The number of amides is 1. The van der Waals surface area contributed by atoms with E-state index in [1.54, 1.807) is 12.3 Å². The summed E-state index contributed by atoms with van der Waals surface area (Å²) in [6, 6.07) is 8.71. The first-order chi connectivity index (χ1) is 15.6.